The van der Waals surface area contributed by atoms with Crippen LogP contribution in [-0.4, -0.2) is 22.8 Å². The molecule has 1 aromatic heterocycles. The van der Waals surface area contributed by atoms with E-state index in [0.29, 0.717) is 0 Å². The van der Waals surface area contributed by atoms with Gasteiger partial charge in [0, 0.05) is 17.8 Å². The maximum absolute atomic E-state index is 4.45. The summed E-state index contributed by atoms with van der Waals surface area (Å²) in [7, 11) is 0. The quantitative estimate of drug-likeness (QED) is 0.613. The molecule has 14 heavy (non-hydrogen) atoms. The molecule has 0 aromatic carbocycles. The summed E-state index contributed by atoms with van der Waals surface area (Å²) in [4.78, 5) is 8.87. The van der Waals surface area contributed by atoms with Crippen molar-refractivity contribution in [1.29, 1.82) is 0 Å². The van der Waals surface area contributed by atoms with Crippen LogP contribution in [0.4, 0.5) is 5.82 Å². The van der Waals surface area contributed by atoms with E-state index in [0.717, 1.165) is 29.6 Å². The summed E-state index contributed by atoms with van der Waals surface area (Å²) >= 11 is 1.58. The third-order valence-corrected chi connectivity index (χ3v) is 2.62. The van der Waals surface area contributed by atoms with Gasteiger partial charge < -0.3 is 5.32 Å². The minimum Gasteiger partial charge on any atom is -0.370 e. The summed E-state index contributed by atoms with van der Waals surface area (Å²) in [6, 6.07) is 0. The number of hydrogen-bond donors (Lipinski definition) is 1. The van der Waals surface area contributed by atoms with Gasteiger partial charge in [-0.05, 0) is 26.5 Å². The Kier molecular flexibility index (Phi) is 4.20. The molecule has 0 amide bonds. The van der Waals surface area contributed by atoms with Crippen LogP contribution in [0.5, 0.6) is 0 Å². The summed E-state index contributed by atoms with van der Waals surface area (Å²) in [5.74, 6) is 0.992. The van der Waals surface area contributed by atoms with E-state index >= 15 is 0 Å². The smallest absolute Gasteiger partial charge is 0.189 e. The standard InChI is InChI=1S/C10H17N3S/c1-5-8-7(3)12-10(14-4)13-9(8)11-6-2/h5-6H2,1-4H3,(H,11,12,13). The van der Waals surface area contributed by atoms with Crippen LogP contribution in [0.1, 0.15) is 25.1 Å². The molecule has 0 bridgehead atoms. The molecule has 0 saturated heterocycles. The molecule has 0 radical (unpaired) electrons. The van der Waals surface area contributed by atoms with Crippen LogP contribution in [0.2, 0.25) is 0 Å². The van der Waals surface area contributed by atoms with Crippen molar-refractivity contribution < 1.29 is 0 Å². The Morgan fingerprint density at radius 2 is 2.00 bits per heavy atom. The molecule has 78 valence electrons. The van der Waals surface area contributed by atoms with Gasteiger partial charge in [-0.3, -0.25) is 0 Å². The molecular formula is C10H17N3S. The molecule has 1 rings (SSSR count). The fourth-order valence-electron chi connectivity index (χ4n) is 1.40. The maximum Gasteiger partial charge on any atom is 0.189 e. The van der Waals surface area contributed by atoms with E-state index in [1.165, 1.54) is 5.56 Å². The van der Waals surface area contributed by atoms with E-state index in [-0.39, 0.29) is 0 Å². The first-order valence-corrected chi connectivity index (χ1v) is 6.10. The zero-order chi connectivity index (χ0) is 10.6. The van der Waals surface area contributed by atoms with Gasteiger partial charge in [-0.15, -0.1) is 0 Å². The fourth-order valence-corrected chi connectivity index (χ4v) is 1.81. The van der Waals surface area contributed by atoms with E-state index in [4.69, 9.17) is 0 Å². The third-order valence-electron chi connectivity index (χ3n) is 2.07. The number of rotatable bonds is 4. The summed E-state index contributed by atoms with van der Waals surface area (Å²) in [5, 5.41) is 4.12. The van der Waals surface area contributed by atoms with Crippen LogP contribution < -0.4 is 5.32 Å². The van der Waals surface area contributed by atoms with E-state index in [1.807, 2.05) is 13.2 Å². The van der Waals surface area contributed by atoms with Gasteiger partial charge in [-0.25, -0.2) is 9.97 Å². The second kappa shape index (κ2) is 5.20. The van der Waals surface area contributed by atoms with Gasteiger partial charge in [0.05, 0.1) is 0 Å². The summed E-state index contributed by atoms with van der Waals surface area (Å²) in [6.07, 6.45) is 2.97. The van der Waals surface area contributed by atoms with Crippen molar-refractivity contribution in [3.05, 3.63) is 11.3 Å². The number of hydrogen-bond acceptors (Lipinski definition) is 4. The normalized spacial score (nSPS) is 10.3. The average molecular weight is 211 g/mol. The van der Waals surface area contributed by atoms with Gasteiger partial charge in [0.1, 0.15) is 5.82 Å². The lowest BCUT2D eigenvalue weighted by molar-refractivity contribution is 0.887. The third kappa shape index (κ3) is 2.38. The molecule has 0 saturated carbocycles. The highest BCUT2D eigenvalue weighted by atomic mass is 32.2. The van der Waals surface area contributed by atoms with Crippen molar-refractivity contribution in [3.63, 3.8) is 0 Å². The van der Waals surface area contributed by atoms with Crippen molar-refractivity contribution in [1.82, 2.24) is 9.97 Å². The summed E-state index contributed by atoms with van der Waals surface area (Å²) < 4.78 is 0. The highest BCUT2D eigenvalue weighted by Gasteiger charge is 2.08. The first-order valence-electron chi connectivity index (χ1n) is 4.88. The van der Waals surface area contributed by atoms with Crippen LogP contribution in [0.15, 0.2) is 5.16 Å². The number of thioether (sulfide) groups is 1. The number of nitrogens with one attached hydrogen (secondary N) is 1. The lowest BCUT2D eigenvalue weighted by atomic mass is 10.2. The van der Waals surface area contributed by atoms with Crippen LogP contribution in [0.3, 0.4) is 0 Å². The zero-order valence-electron chi connectivity index (χ0n) is 9.22. The van der Waals surface area contributed by atoms with Gasteiger partial charge in [0.25, 0.3) is 0 Å². The molecule has 3 nitrogen and oxygen atoms in total. The highest BCUT2D eigenvalue weighted by Crippen LogP contribution is 2.20. The van der Waals surface area contributed by atoms with E-state index in [2.05, 4.69) is 29.1 Å². The Morgan fingerprint density at radius 3 is 2.50 bits per heavy atom. The molecule has 4 heteroatoms. The highest BCUT2D eigenvalue weighted by molar-refractivity contribution is 7.98. The van der Waals surface area contributed by atoms with Crippen molar-refractivity contribution in [2.75, 3.05) is 18.1 Å². The Morgan fingerprint density at radius 1 is 1.29 bits per heavy atom. The molecule has 0 aliphatic carbocycles. The van der Waals surface area contributed by atoms with E-state index in [1.54, 1.807) is 11.8 Å². The second-order valence-electron chi connectivity index (χ2n) is 3.01. The molecular weight excluding hydrogens is 194 g/mol. The van der Waals surface area contributed by atoms with Crippen LogP contribution in [0.25, 0.3) is 0 Å². The predicted octanol–water partition coefficient (Wildman–Crippen LogP) is 2.50. The topological polar surface area (TPSA) is 37.8 Å². The molecule has 0 atom stereocenters. The molecule has 1 aromatic rings. The second-order valence-corrected chi connectivity index (χ2v) is 3.78. The average Bonchev–Trinajstić information content (AvgIpc) is 2.18. The summed E-state index contributed by atoms with van der Waals surface area (Å²) in [5.41, 5.74) is 2.31. The van der Waals surface area contributed by atoms with Crippen LogP contribution in [0, 0.1) is 6.92 Å². The molecule has 0 aliphatic rings. The van der Waals surface area contributed by atoms with Gasteiger partial charge in [-0.1, -0.05) is 18.7 Å². The van der Waals surface area contributed by atoms with Crippen molar-refractivity contribution >= 4 is 17.6 Å². The van der Waals surface area contributed by atoms with E-state index < -0.39 is 0 Å². The minimum atomic E-state index is 0.843. The van der Waals surface area contributed by atoms with Gasteiger partial charge in [-0.2, -0.15) is 0 Å². The fraction of sp³-hybridized carbons (Fsp3) is 0.600. The number of aryl methyl sites for hydroxylation is 1. The Balaban J connectivity index is 3.13. The van der Waals surface area contributed by atoms with Crippen LogP contribution in [-0.2, 0) is 6.42 Å². The molecule has 0 spiro atoms. The largest absolute Gasteiger partial charge is 0.370 e. The Bertz CT molecular complexity index is 312. The number of aromatic nitrogens is 2. The lowest BCUT2D eigenvalue weighted by Gasteiger charge is -2.11. The Hall–Kier alpha value is -0.770. The minimum absolute atomic E-state index is 0.843. The summed E-state index contributed by atoms with van der Waals surface area (Å²) in [6.45, 7) is 7.15. The van der Waals surface area contributed by atoms with Gasteiger partial charge >= 0.3 is 0 Å². The van der Waals surface area contributed by atoms with Gasteiger partial charge in [0.15, 0.2) is 5.16 Å². The SMILES string of the molecule is CCNc1nc(SC)nc(C)c1CC. The number of anilines is 1. The molecule has 0 unspecified atom stereocenters. The first-order chi connectivity index (χ1) is 6.72. The maximum atomic E-state index is 4.45. The van der Waals surface area contributed by atoms with Crippen LogP contribution >= 0.6 is 11.8 Å². The van der Waals surface area contributed by atoms with Crippen molar-refractivity contribution in [2.24, 2.45) is 0 Å². The molecule has 0 fully saturated rings. The van der Waals surface area contributed by atoms with Crippen molar-refractivity contribution in [3.8, 4) is 0 Å². The Labute approximate surface area is 89.7 Å². The molecule has 0 aliphatic heterocycles. The van der Waals surface area contributed by atoms with Crippen molar-refractivity contribution in [2.45, 2.75) is 32.3 Å². The predicted molar refractivity (Wildman–Crippen MR) is 62.1 cm³/mol. The zero-order valence-corrected chi connectivity index (χ0v) is 10.0. The lowest BCUT2D eigenvalue weighted by Crippen LogP contribution is -2.07. The first kappa shape index (κ1) is 11.3. The van der Waals surface area contributed by atoms with Gasteiger partial charge in [0.2, 0.25) is 0 Å². The van der Waals surface area contributed by atoms with E-state index in [9.17, 15) is 0 Å². The number of nitrogens with zero attached hydrogens (tertiary/aromatic N) is 2. The molecule has 1 heterocycles. The molecule has 1 N–H and O–H groups in total. The monoisotopic (exact) mass is 211 g/mol.